The number of carboxylic acid groups (broad SMARTS) is 1. The Balaban J connectivity index is 1.20. The highest BCUT2D eigenvalue weighted by Crippen LogP contribution is 2.37. The number of para-hydroxylation sites is 1. The van der Waals surface area contributed by atoms with Crippen molar-refractivity contribution in [3.05, 3.63) is 89.0 Å². The van der Waals surface area contributed by atoms with Crippen molar-refractivity contribution in [1.82, 2.24) is 9.80 Å². The lowest BCUT2D eigenvalue weighted by atomic mass is 9.79. The van der Waals surface area contributed by atoms with E-state index in [1.165, 1.54) is 0 Å². The quantitative estimate of drug-likeness (QED) is 0.310. The average molecular weight is 600 g/mol. The van der Waals surface area contributed by atoms with Crippen LogP contribution in [0.1, 0.15) is 48.4 Å². The van der Waals surface area contributed by atoms with Crippen LogP contribution in [-0.4, -0.2) is 65.6 Å². The number of amides is 3. The second kappa shape index (κ2) is 13.4. The molecule has 3 amide bonds. The van der Waals surface area contributed by atoms with Gasteiger partial charge in [-0.3, -0.25) is 9.59 Å². The highest BCUT2D eigenvalue weighted by atomic mass is 16.5. The number of rotatable bonds is 10. The molecule has 9 nitrogen and oxygen atoms in total. The number of piperidine rings is 1. The number of methoxy groups -OCH3 is 1. The number of fused-ring (bicyclic) bond motifs is 1. The van der Waals surface area contributed by atoms with Crippen LogP contribution >= 0.6 is 0 Å². The molecule has 0 aromatic heterocycles. The average Bonchev–Trinajstić information content (AvgIpc) is 3.18. The van der Waals surface area contributed by atoms with Crippen LogP contribution in [-0.2, 0) is 29.0 Å². The number of nitrogens with one attached hydrogen (secondary N) is 1. The molecular weight excluding hydrogens is 558 g/mol. The van der Waals surface area contributed by atoms with Gasteiger partial charge in [0.25, 0.3) is 0 Å². The molecular formula is C35H41N3O6. The molecule has 1 saturated heterocycles. The Bertz CT molecular complexity index is 1500. The summed E-state index contributed by atoms with van der Waals surface area (Å²) in [6, 6.07) is 21.3. The van der Waals surface area contributed by atoms with Crippen LogP contribution < -0.4 is 14.8 Å². The number of carboxylic acids is 1. The number of ether oxygens (including phenoxy) is 2. The Hall–Kier alpha value is -4.53. The third kappa shape index (κ3) is 6.98. The molecule has 0 aliphatic carbocycles. The fraction of sp³-hybridized carbons (Fsp3) is 0.400. The van der Waals surface area contributed by atoms with E-state index < -0.39 is 11.4 Å². The maximum atomic E-state index is 13.4. The summed E-state index contributed by atoms with van der Waals surface area (Å²) in [5.74, 6) is -0.0779. The molecule has 5 rings (SSSR count). The lowest BCUT2D eigenvalue weighted by Gasteiger charge is -2.39. The van der Waals surface area contributed by atoms with E-state index in [2.05, 4.69) is 5.32 Å². The standard InChI is InChI=1S/C35H41N3O6/c1-24-19-26(20-30(43-3)32(24)44-23-25-9-5-4-6-10-25)21-35(2,33(40)41)22-31(39)37-16-14-28(15-17-37)38-18-13-27-11-7-8-12-29(27)36-34(38)42/h4-12,19-20,28H,13-18,21-23H2,1-3H3,(H,36,42)(H,40,41)/t35-/m0/s1. The van der Waals surface area contributed by atoms with Crippen LogP contribution in [0, 0.1) is 12.3 Å². The van der Waals surface area contributed by atoms with Gasteiger partial charge >= 0.3 is 12.0 Å². The van der Waals surface area contributed by atoms with E-state index in [0.29, 0.717) is 50.6 Å². The summed E-state index contributed by atoms with van der Waals surface area (Å²) < 4.78 is 11.7. The van der Waals surface area contributed by atoms with E-state index in [4.69, 9.17) is 9.47 Å². The van der Waals surface area contributed by atoms with Crippen molar-refractivity contribution in [2.75, 3.05) is 32.1 Å². The van der Waals surface area contributed by atoms with Crippen LogP contribution in [0.2, 0.25) is 0 Å². The molecule has 232 valence electrons. The van der Waals surface area contributed by atoms with Crippen molar-refractivity contribution in [3.63, 3.8) is 0 Å². The molecule has 0 spiro atoms. The van der Waals surface area contributed by atoms with Gasteiger partial charge in [0.2, 0.25) is 5.91 Å². The third-order valence-electron chi connectivity index (χ3n) is 8.80. The zero-order chi connectivity index (χ0) is 31.3. The maximum Gasteiger partial charge on any atom is 0.322 e. The van der Waals surface area contributed by atoms with Crippen LogP contribution in [0.25, 0.3) is 0 Å². The molecule has 0 saturated carbocycles. The monoisotopic (exact) mass is 599 g/mol. The number of aliphatic carboxylic acids is 1. The minimum Gasteiger partial charge on any atom is -0.493 e. The number of likely N-dealkylation sites (tertiary alicyclic amines) is 1. The predicted molar refractivity (Wildman–Crippen MR) is 168 cm³/mol. The summed E-state index contributed by atoms with van der Waals surface area (Å²) in [6.07, 6.45) is 2.12. The topological polar surface area (TPSA) is 108 Å². The first-order chi connectivity index (χ1) is 21.2. The smallest absolute Gasteiger partial charge is 0.322 e. The number of carbonyl (C=O) groups excluding carboxylic acids is 2. The molecule has 1 atom stereocenters. The van der Waals surface area contributed by atoms with Gasteiger partial charge in [-0.05, 0) is 73.9 Å². The number of benzene rings is 3. The molecule has 2 aliphatic rings. The van der Waals surface area contributed by atoms with Gasteiger partial charge in [0.15, 0.2) is 11.5 Å². The number of hydrogen-bond donors (Lipinski definition) is 2. The number of nitrogens with zero attached hydrogens (tertiary/aromatic N) is 2. The van der Waals surface area contributed by atoms with Crippen molar-refractivity contribution in [3.8, 4) is 11.5 Å². The normalized spacial score (nSPS) is 16.8. The Labute approximate surface area is 258 Å². The van der Waals surface area contributed by atoms with E-state index in [1.54, 1.807) is 25.0 Å². The third-order valence-corrected chi connectivity index (χ3v) is 8.80. The van der Waals surface area contributed by atoms with Crippen molar-refractivity contribution in [2.24, 2.45) is 5.41 Å². The summed E-state index contributed by atoms with van der Waals surface area (Å²) >= 11 is 0. The summed E-state index contributed by atoms with van der Waals surface area (Å²) in [7, 11) is 1.56. The highest BCUT2D eigenvalue weighted by molar-refractivity contribution is 5.91. The van der Waals surface area contributed by atoms with Crippen LogP contribution in [0.5, 0.6) is 11.5 Å². The Morgan fingerprint density at radius 3 is 2.41 bits per heavy atom. The minimum absolute atomic E-state index is 0.0253. The minimum atomic E-state index is -1.31. The molecule has 2 heterocycles. The second-order valence-corrected chi connectivity index (χ2v) is 12.1. The SMILES string of the molecule is COc1cc(C[C@@](C)(CC(=O)N2CCC(N3CCc4ccccc4NC3=O)CC2)C(=O)O)cc(C)c1OCc1ccccc1. The van der Waals surface area contributed by atoms with Gasteiger partial charge in [0, 0.05) is 37.8 Å². The molecule has 0 unspecified atom stereocenters. The van der Waals surface area contributed by atoms with Crippen LogP contribution in [0.3, 0.4) is 0 Å². The first-order valence-electron chi connectivity index (χ1n) is 15.2. The molecule has 44 heavy (non-hydrogen) atoms. The summed E-state index contributed by atoms with van der Waals surface area (Å²) in [4.78, 5) is 42.6. The molecule has 2 N–H and O–H groups in total. The van der Waals surface area contributed by atoms with Gasteiger partial charge in [-0.1, -0.05) is 54.6 Å². The first-order valence-corrected chi connectivity index (χ1v) is 15.2. The van der Waals surface area contributed by atoms with E-state index in [1.807, 2.05) is 72.5 Å². The first kappa shape index (κ1) is 30.9. The number of aryl methyl sites for hydroxylation is 1. The summed E-state index contributed by atoms with van der Waals surface area (Å²) in [6.45, 7) is 5.50. The Morgan fingerprint density at radius 1 is 1.00 bits per heavy atom. The fourth-order valence-corrected chi connectivity index (χ4v) is 6.26. The molecule has 9 heteroatoms. The largest absolute Gasteiger partial charge is 0.493 e. The number of carbonyl (C=O) groups is 3. The number of urea groups is 1. The number of anilines is 1. The summed E-state index contributed by atoms with van der Waals surface area (Å²) in [5.41, 5.74) is 3.27. The van der Waals surface area contributed by atoms with Gasteiger partial charge < -0.3 is 29.7 Å². The van der Waals surface area contributed by atoms with E-state index in [0.717, 1.165) is 34.4 Å². The Kier molecular flexibility index (Phi) is 9.42. The van der Waals surface area contributed by atoms with Crippen LogP contribution in [0.4, 0.5) is 10.5 Å². The highest BCUT2D eigenvalue weighted by Gasteiger charge is 2.39. The van der Waals surface area contributed by atoms with E-state index in [9.17, 15) is 19.5 Å². The molecule has 1 fully saturated rings. The van der Waals surface area contributed by atoms with Crippen LogP contribution in [0.15, 0.2) is 66.7 Å². The second-order valence-electron chi connectivity index (χ2n) is 12.1. The Morgan fingerprint density at radius 2 is 1.70 bits per heavy atom. The van der Waals surface area contributed by atoms with Gasteiger partial charge in [-0.2, -0.15) is 0 Å². The molecule has 3 aromatic carbocycles. The number of hydrogen-bond acceptors (Lipinski definition) is 5. The van der Waals surface area contributed by atoms with E-state index >= 15 is 0 Å². The van der Waals surface area contributed by atoms with Crippen molar-refractivity contribution >= 4 is 23.6 Å². The van der Waals surface area contributed by atoms with Crippen molar-refractivity contribution in [1.29, 1.82) is 0 Å². The maximum absolute atomic E-state index is 13.4. The van der Waals surface area contributed by atoms with E-state index in [-0.39, 0.29) is 30.8 Å². The predicted octanol–water partition coefficient (Wildman–Crippen LogP) is 5.69. The summed E-state index contributed by atoms with van der Waals surface area (Å²) in [5, 5.41) is 13.3. The zero-order valence-electron chi connectivity index (χ0n) is 25.7. The lowest BCUT2D eigenvalue weighted by molar-refractivity contribution is -0.153. The fourth-order valence-electron chi connectivity index (χ4n) is 6.26. The zero-order valence-corrected chi connectivity index (χ0v) is 25.7. The van der Waals surface area contributed by atoms with Gasteiger partial charge in [-0.25, -0.2) is 4.79 Å². The molecule has 3 aromatic rings. The molecule has 0 radical (unpaired) electrons. The molecule has 0 bridgehead atoms. The van der Waals surface area contributed by atoms with Gasteiger partial charge in [0.1, 0.15) is 6.61 Å². The van der Waals surface area contributed by atoms with Gasteiger partial charge in [-0.15, -0.1) is 0 Å². The lowest BCUT2D eigenvalue weighted by Crippen LogP contribution is -2.50. The van der Waals surface area contributed by atoms with Crippen molar-refractivity contribution < 1.29 is 29.0 Å². The van der Waals surface area contributed by atoms with Gasteiger partial charge in [0.05, 0.1) is 12.5 Å². The van der Waals surface area contributed by atoms with Crippen molar-refractivity contribution in [2.45, 2.75) is 58.6 Å². The molecule has 2 aliphatic heterocycles.